The van der Waals surface area contributed by atoms with Crippen LogP contribution in [-0.2, 0) is 26.5 Å². The van der Waals surface area contributed by atoms with E-state index in [1.807, 2.05) is 36.4 Å². The van der Waals surface area contributed by atoms with Crippen molar-refractivity contribution >= 4 is 17.9 Å². The third-order valence-electron chi connectivity index (χ3n) is 6.31. The lowest BCUT2D eigenvalue weighted by atomic mass is 9.89. The standard InChI is InChI=1S/C28H30ClFN2O4/c1-2-34-26-11-9-20(13-25(26)30)28(31,32)23-12-19(8-10-24(23)29)27-15-21(14-22(16-33)36-27)35-17-18-6-4-3-5-7-18/h3-13,16,21-22,27H,2,14-15,17,31-32H2,1H3. The molecule has 0 bridgehead atoms. The molecule has 0 spiro atoms. The van der Waals surface area contributed by atoms with Gasteiger partial charge in [0.15, 0.2) is 11.6 Å². The summed E-state index contributed by atoms with van der Waals surface area (Å²) < 4.78 is 32.0. The Bertz CT molecular complexity index is 1190. The summed E-state index contributed by atoms with van der Waals surface area (Å²) in [6, 6.07) is 19.4. The van der Waals surface area contributed by atoms with Crippen molar-refractivity contribution in [3.05, 3.63) is 99.8 Å². The molecule has 3 aromatic rings. The first-order chi connectivity index (χ1) is 17.3. The molecule has 1 aliphatic heterocycles. The highest BCUT2D eigenvalue weighted by Gasteiger charge is 2.33. The molecule has 0 radical (unpaired) electrons. The number of aldehydes is 1. The molecule has 3 aromatic carbocycles. The van der Waals surface area contributed by atoms with E-state index in [-0.39, 0.29) is 11.9 Å². The number of rotatable bonds is 9. The topological polar surface area (TPSA) is 96.8 Å². The van der Waals surface area contributed by atoms with Crippen LogP contribution in [0.3, 0.4) is 0 Å². The summed E-state index contributed by atoms with van der Waals surface area (Å²) in [5.74, 6) is -0.446. The summed E-state index contributed by atoms with van der Waals surface area (Å²) in [6.07, 6.45) is 0.580. The molecular formula is C28H30ClFN2O4. The molecule has 0 aromatic heterocycles. The number of halogens is 2. The minimum Gasteiger partial charge on any atom is -0.491 e. The highest BCUT2D eigenvalue weighted by Crippen LogP contribution is 2.37. The first-order valence-corrected chi connectivity index (χ1v) is 12.3. The molecule has 36 heavy (non-hydrogen) atoms. The van der Waals surface area contributed by atoms with Gasteiger partial charge in [0.05, 0.1) is 25.4 Å². The van der Waals surface area contributed by atoms with Crippen LogP contribution in [0.2, 0.25) is 5.02 Å². The molecule has 0 saturated carbocycles. The van der Waals surface area contributed by atoms with E-state index in [1.54, 1.807) is 25.1 Å². The molecule has 4 rings (SSSR count). The van der Waals surface area contributed by atoms with Crippen molar-refractivity contribution in [1.82, 2.24) is 0 Å². The first-order valence-electron chi connectivity index (χ1n) is 11.9. The van der Waals surface area contributed by atoms with Gasteiger partial charge in [0.2, 0.25) is 0 Å². The third kappa shape index (κ3) is 5.94. The van der Waals surface area contributed by atoms with Crippen LogP contribution in [-0.4, -0.2) is 25.1 Å². The van der Waals surface area contributed by atoms with Crippen molar-refractivity contribution in [3.63, 3.8) is 0 Å². The smallest absolute Gasteiger partial charge is 0.165 e. The molecule has 0 aliphatic carbocycles. The molecule has 1 saturated heterocycles. The van der Waals surface area contributed by atoms with Gasteiger partial charge in [0, 0.05) is 23.4 Å². The Balaban J connectivity index is 1.57. The summed E-state index contributed by atoms with van der Waals surface area (Å²) in [5, 5.41) is 0.331. The van der Waals surface area contributed by atoms with Crippen molar-refractivity contribution in [2.24, 2.45) is 11.5 Å². The lowest BCUT2D eigenvalue weighted by molar-refractivity contribution is -0.142. The average molecular weight is 513 g/mol. The third-order valence-corrected chi connectivity index (χ3v) is 6.64. The average Bonchev–Trinajstić information content (AvgIpc) is 2.89. The fourth-order valence-electron chi connectivity index (χ4n) is 4.39. The second-order valence-corrected chi connectivity index (χ2v) is 9.28. The maximum atomic E-state index is 14.5. The van der Waals surface area contributed by atoms with Gasteiger partial charge in [-0.25, -0.2) is 4.39 Å². The minimum atomic E-state index is -1.58. The maximum Gasteiger partial charge on any atom is 0.165 e. The second kappa shape index (κ2) is 11.5. The van der Waals surface area contributed by atoms with Crippen LogP contribution < -0.4 is 16.2 Å². The monoisotopic (exact) mass is 512 g/mol. The number of nitrogens with two attached hydrogens (primary N) is 2. The van der Waals surface area contributed by atoms with E-state index < -0.39 is 23.7 Å². The van der Waals surface area contributed by atoms with Crippen molar-refractivity contribution in [3.8, 4) is 5.75 Å². The number of carbonyl (C=O) groups is 1. The van der Waals surface area contributed by atoms with Gasteiger partial charge in [-0.1, -0.05) is 54.1 Å². The van der Waals surface area contributed by atoms with Crippen molar-refractivity contribution in [1.29, 1.82) is 0 Å². The Kier molecular flexibility index (Phi) is 8.39. The van der Waals surface area contributed by atoms with E-state index in [0.717, 1.165) is 17.4 Å². The van der Waals surface area contributed by atoms with Crippen LogP contribution >= 0.6 is 11.6 Å². The van der Waals surface area contributed by atoms with Crippen molar-refractivity contribution in [2.45, 2.75) is 50.3 Å². The molecule has 3 unspecified atom stereocenters. The Morgan fingerprint density at radius 2 is 1.89 bits per heavy atom. The number of ether oxygens (including phenoxy) is 3. The number of hydrogen-bond donors (Lipinski definition) is 2. The summed E-state index contributed by atoms with van der Waals surface area (Å²) in [7, 11) is 0. The SMILES string of the molecule is CCOc1ccc(C(N)(N)c2cc(C3CC(OCc4ccccc4)CC(C=O)O3)ccc2Cl)cc1F. The van der Waals surface area contributed by atoms with Crippen LogP contribution in [0.5, 0.6) is 5.75 Å². The van der Waals surface area contributed by atoms with Gasteiger partial charge in [-0.05, 0) is 47.9 Å². The zero-order chi connectivity index (χ0) is 25.7. The van der Waals surface area contributed by atoms with Gasteiger partial charge in [-0.15, -0.1) is 0 Å². The first kappa shape index (κ1) is 26.3. The summed E-state index contributed by atoms with van der Waals surface area (Å²) >= 11 is 6.49. The molecule has 0 amide bonds. The quantitative estimate of drug-likeness (QED) is 0.309. The van der Waals surface area contributed by atoms with Gasteiger partial charge in [0.25, 0.3) is 0 Å². The number of carbonyl (C=O) groups excluding carboxylic acids is 1. The normalized spacial score (nSPS) is 20.2. The zero-order valence-corrected chi connectivity index (χ0v) is 20.8. The van der Waals surface area contributed by atoms with Gasteiger partial charge in [-0.2, -0.15) is 0 Å². The second-order valence-electron chi connectivity index (χ2n) is 8.88. The highest BCUT2D eigenvalue weighted by atomic mass is 35.5. The molecule has 6 nitrogen and oxygen atoms in total. The van der Waals surface area contributed by atoms with Gasteiger partial charge in [0.1, 0.15) is 18.1 Å². The van der Waals surface area contributed by atoms with Crippen LogP contribution in [0, 0.1) is 5.82 Å². The van der Waals surface area contributed by atoms with E-state index in [4.69, 9.17) is 37.3 Å². The van der Waals surface area contributed by atoms with Crippen molar-refractivity contribution in [2.75, 3.05) is 6.61 Å². The van der Waals surface area contributed by atoms with Crippen molar-refractivity contribution < 1.29 is 23.4 Å². The summed E-state index contributed by atoms with van der Waals surface area (Å²) in [5.41, 5.74) is 14.0. The molecule has 1 heterocycles. The Morgan fingerprint density at radius 1 is 1.11 bits per heavy atom. The predicted octanol–water partition coefficient (Wildman–Crippen LogP) is 5.00. The fourth-order valence-corrected chi connectivity index (χ4v) is 4.66. The minimum absolute atomic E-state index is 0.119. The predicted molar refractivity (Wildman–Crippen MR) is 136 cm³/mol. The number of benzene rings is 3. The van der Waals surface area contributed by atoms with Crippen LogP contribution in [0.15, 0.2) is 66.7 Å². The number of hydrogen-bond acceptors (Lipinski definition) is 6. The fraction of sp³-hybridized carbons (Fsp3) is 0.321. The van der Waals surface area contributed by atoms with Gasteiger partial charge >= 0.3 is 0 Å². The lowest BCUT2D eigenvalue weighted by Gasteiger charge is -2.34. The summed E-state index contributed by atoms with van der Waals surface area (Å²) in [6.45, 7) is 2.54. The Labute approximate surface area is 215 Å². The summed E-state index contributed by atoms with van der Waals surface area (Å²) in [4.78, 5) is 11.6. The Morgan fingerprint density at radius 3 is 2.58 bits per heavy atom. The van der Waals surface area contributed by atoms with E-state index in [0.29, 0.717) is 42.2 Å². The largest absolute Gasteiger partial charge is 0.491 e. The van der Waals surface area contributed by atoms with E-state index in [9.17, 15) is 9.18 Å². The van der Waals surface area contributed by atoms with Crippen LogP contribution in [0.25, 0.3) is 0 Å². The van der Waals surface area contributed by atoms with E-state index in [2.05, 4.69) is 0 Å². The highest BCUT2D eigenvalue weighted by molar-refractivity contribution is 6.31. The molecule has 3 atom stereocenters. The van der Waals surface area contributed by atoms with Gasteiger partial charge < -0.3 is 30.5 Å². The van der Waals surface area contributed by atoms with E-state index >= 15 is 0 Å². The maximum absolute atomic E-state index is 14.5. The zero-order valence-electron chi connectivity index (χ0n) is 20.0. The van der Waals surface area contributed by atoms with Gasteiger partial charge in [-0.3, -0.25) is 0 Å². The lowest BCUT2D eigenvalue weighted by Crippen LogP contribution is -2.47. The molecular weight excluding hydrogens is 483 g/mol. The van der Waals surface area contributed by atoms with Crippen LogP contribution in [0.1, 0.15) is 48.1 Å². The molecule has 1 aliphatic rings. The molecule has 1 fully saturated rings. The molecule has 8 heteroatoms. The Hall–Kier alpha value is -2.81. The van der Waals surface area contributed by atoms with Crippen LogP contribution in [0.4, 0.5) is 4.39 Å². The molecule has 4 N–H and O–H groups in total. The molecule has 190 valence electrons. The van der Waals surface area contributed by atoms with E-state index in [1.165, 1.54) is 12.1 Å².